The molecule has 0 aliphatic carbocycles. The van der Waals surface area contributed by atoms with Gasteiger partial charge >= 0.3 is 0 Å². The van der Waals surface area contributed by atoms with Crippen LogP contribution < -0.4 is 10.1 Å². The minimum atomic E-state index is 0.327. The van der Waals surface area contributed by atoms with E-state index >= 15 is 0 Å². The van der Waals surface area contributed by atoms with Gasteiger partial charge in [-0.15, -0.1) is 0 Å². The molecule has 20 heavy (non-hydrogen) atoms. The van der Waals surface area contributed by atoms with Crippen LogP contribution in [0.25, 0.3) is 0 Å². The number of phenolic OH excluding ortho intramolecular Hbond substituents is 1. The lowest BCUT2D eigenvalue weighted by atomic mass is 10.1. The summed E-state index contributed by atoms with van der Waals surface area (Å²) >= 11 is 3.47. The second kappa shape index (κ2) is 6.18. The number of aromatic hydroxyl groups is 1. The maximum absolute atomic E-state index is 9.67. The van der Waals surface area contributed by atoms with E-state index in [0.717, 1.165) is 32.6 Å². The van der Waals surface area contributed by atoms with E-state index < -0.39 is 0 Å². The van der Waals surface area contributed by atoms with Gasteiger partial charge in [-0.25, -0.2) is 0 Å². The van der Waals surface area contributed by atoms with E-state index in [1.807, 2.05) is 38.1 Å². The summed E-state index contributed by atoms with van der Waals surface area (Å²) in [7, 11) is 1.67. The molecule has 0 heterocycles. The first-order valence-electron chi connectivity index (χ1n) is 6.37. The molecule has 2 aromatic rings. The van der Waals surface area contributed by atoms with E-state index in [9.17, 15) is 5.11 Å². The summed E-state index contributed by atoms with van der Waals surface area (Å²) in [5.41, 5.74) is 3.97. The number of phenols is 1. The quantitative estimate of drug-likeness (QED) is 0.814. The monoisotopic (exact) mass is 335 g/mol. The Morgan fingerprint density at radius 2 is 1.90 bits per heavy atom. The smallest absolute Gasteiger partial charge is 0.123 e. The lowest BCUT2D eigenvalue weighted by Crippen LogP contribution is -2.03. The van der Waals surface area contributed by atoms with Gasteiger partial charge in [-0.05, 0) is 55.3 Å². The molecule has 0 radical (unpaired) electrons. The molecule has 0 amide bonds. The van der Waals surface area contributed by atoms with Crippen LogP contribution in [0.5, 0.6) is 11.5 Å². The van der Waals surface area contributed by atoms with Crippen molar-refractivity contribution in [2.24, 2.45) is 0 Å². The van der Waals surface area contributed by atoms with Crippen LogP contribution in [0.4, 0.5) is 5.69 Å². The predicted octanol–water partition coefficient (Wildman–Crippen LogP) is 4.39. The van der Waals surface area contributed by atoms with Crippen LogP contribution in [0.15, 0.2) is 34.8 Å². The Labute approximate surface area is 127 Å². The van der Waals surface area contributed by atoms with Gasteiger partial charge < -0.3 is 15.2 Å². The maximum atomic E-state index is 9.67. The van der Waals surface area contributed by atoms with Crippen molar-refractivity contribution in [2.45, 2.75) is 20.4 Å². The zero-order valence-corrected chi connectivity index (χ0v) is 13.4. The Balaban J connectivity index is 2.21. The number of rotatable bonds is 4. The number of methoxy groups -OCH3 is 1. The maximum Gasteiger partial charge on any atom is 0.123 e. The fraction of sp³-hybridized carbons (Fsp3) is 0.250. The Hall–Kier alpha value is -1.68. The minimum Gasteiger partial charge on any atom is -0.508 e. The number of nitrogens with one attached hydrogen (secondary N) is 1. The van der Waals surface area contributed by atoms with Crippen molar-refractivity contribution in [2.75, 3.05) is 12.4 Å². The van der Waals surface area contributed by atoms with Crippen LogP contribution >= 0.6 is 15.9 Å². The number of anilines is 1. The van der Waals surface area contributed by atoms with Gasteiger partial charge in [0.25, 0.3) is 0 Å². The van der Waals surface area contributed by atoms with Crippen LogP contribution in [-0.2, 0) is 6.54 Å². The first-order valence-corrected chi connectivity index (χ1v) is 7.17. The molecule has 0 aliphatic rings. The molecule has 0 atom stereocenters. The first-order chi connectivity index (χ1) is 9.51. The van der Waals surface area contributed by atoms with E-state index in [2.05, 4.69) is 21.2 Å². The molecule has 106 valence electrons. The van der Waals surface area contributed by atoms with Gasteiger partial charge in [0.2, 0.25) is 0 Å². The van der Waals surface area contributed by atoms with E-state index in [1.54, 1.807) is 13.2 Å². The van der Waals surface area contributed by atoms with Crippen molar-refractivity contribution < 1.29 is 9.84 Å². The lowest BCUT2D eigenvalue weighted by Gasteiger charge is -2.14. The summed E-state index contributed by atoms with van der Waals surface area (Å²) in [6.45, 7) is 4.52. The van der Waals surface area contributed by atoms with Crippen molar-refractivity contribution in [3.8, 4) is 11.5 Å². The molecular weight excluding hydrogens is 318 g/mol. The number of benzene rings is 2. The molecule has 0 saturated heterocycles. The molecule has 0 saturated carbocycles. The van der Waals surface area contributed by atoms with Crippen molar-refractivity contribution >= 4 is 21.6 Å². The molecule has 0 spiro atoms. The summed E-state index contributed by atoms with van der Waals surface area (Å²) < 4.78 is 6.38. The second-order valence-corrected chi connectivity index (χ2v) is 5.68. The summed E-state index contributed by atoms with van der Waals surface area (Å²) in [5, 5.41) is 13.1. The van der Waals surface area contributed by atoms with E-state index in [4.69, 9.17) is 4.74 Å². The molecule has 4 heteroatoms. The van der Waals surface area contributed by atoms with Crippen LogP contribution in [-0.4, -0.2) is 12.2 Å². The SMILES string of the molecule is COc1ccc(Br)cc1CNc1cc(C)c(O)cc1C. The second-order valence-electron chi connectivity index (χ2n) is 4.76. The van der Waals surface area contributed by atoms with Gasteiger partial charge in [0.05, 0.1) is 7.11 Å². The zero-order valence-electron chi connectivity index (χ0n) is 11.8. The molecular formula is C16H18BrNO2. The van der Waals surface area contributed by atoms with Crippen LogP contribution in [0.2, 0.25) is 0 Å². The van der Waals surface area contributed by atoms with Crippen molar-refractivity contribution in [3.63, 3.8) is 0 Å². The first kappa shape index (κ1) is 14.7. The third kappa shape index (κ3) is 3.25. The highest BCUT2D eigenvalue weighted by atomic mass is 79.9. The minimum absolute atomic E-state index is 0.327. The Kier molecular flexibility index (Phi) is 4.55. The molecule has 3 nitrogen and oxygen atoms in total. The number of ether oxygens (including phenoxy) is 1. The zero-order chi connectivity index (χ0) is 14.7. The average Bonchev–Trinajstić information content (AvgIpc) is 2.41. The summed E-state index contributed by atoms with van der Waals surface area (Å²) in [6, 6.07) is 9.66. The highest BCUT2D eigenvalue weighted by Crippen LogP contribution is 2.27. The summed E-state index contributed by atoms with van der Waals surface area (Å²) in [5.74, 6) is 1.18. The van der Waals surface area contributed by atoms with Crippen molar-refractivity contribution in [1.82, 2.24) is 0 Å². The third-order valence-electron chi connectivity index (χ3n) is 3.25. The third-order valence-corrected chi connectivity index (χ3v) is 3.75. The van der Waals surface area contributed by atoms with Gasteiger partial charge in [-0.1, -0.05) is 15.9 Å². The van der Waals surface area contributed by atoms with Gasteiger partial charge in [-0.3, -0.25) is 0 Å². The van der Waals surface area contributed by atoms with Gasteiger partial charge in [-0.2, -0.15) is 0 Å². The standard InChI is InChI=1S/C16H18BrNO2/c1-10-7-15(19)11(2)6-14(10)18-9-12-8-13(17)4-5-16(12)20-3/h4-8,18-19H,9H2,1-3H3. The number of halogens is 1. The molecule has 0 aromatic heterocycles. The average molecular weight is 336 g/mol. The molecule has 0 aliphatic heterocycles. The molecule has 0 unspecified atom stereocenters. The van der Waals surface area contributed by atoms with Crippen molar-refractivity contribution in [3.05, 3.63) is 51.5 Å². The largest absolute Gasteiger partial charge is 0.508 e. The number of aryl methyl sites for hydroxylation is 2. The molecule has 2 rings (SSSR count). The molecule has 2 N–H and O–H groups in total. The number of hydrogen-bond acceptors (Lipinski definition) is 3. The predicted molar refractivity (Wildman–Crippen MR) is 85.6 cm³/mol. The highest BCUT2D eigenvalue weighted by molar-refractivity contribution is 9.10. The fourth-order valence-corrected chi connectivity index (χ4v) is 2.48. The summed E-state index contributed by atoms with van der Waals surface area (Å²) in [4.78, 5) is 0. The van der Waals surface area contributed by atoms with Crippen LogP contribution in [0.1, 0.15) is 16.7 Å². The summed E-state index contributed by atoms with van der Waals surface area (Å²) in [6.07, 6.45) is 0. The van der Waals surface area contributed by atoms with E-state index in [-0.39, 0.29) is 0 Å². The van der Waals surface area contributed by atoms with Gasteiger partial charge in [0.15, 0.2) is 0 Å². The van der Waals surface area contributed by atoms with Crippen LogP contribution in [0.3, 0.4) is 0 Å². The Morgan fingerprint density at radius 3 is 2.60 bits per heavy atom. The normalized spacial score (nSPS) is 10.4. The topological polar surface area (TPSA) is 41.5 Å². The fourth-order valence-electron chi connectivity index (χ4n) is 2.07. The van der Waals surface area contributed by atoms with E-state index in [0.29, 0.717) is 12.3 Å². The van der Waals surface area contributed by atoms with Gasteiger partial charge in [0.1, 0.15) is 11.5 Å². The van der Waals surface area contributed by atoms with E-state index in [1.165, 1.54) is 0 Å². The van der Waals surface area contributed by atoms with Crippen LogP contribution in [0, 0.1) is 13.8 Å². The Bertz CT molecular complexity index is 626. The molecule has 2 aromatic carbocycles. The number of hydrogen-bond donors (Lipinski definition) is 2. The van der Waals surface area contributed by atoms with Gasteiger partial charge in [0, 0.05) is 22.3 Å². The Morgan fingerprint density at radius 1 is 1.15 bits per heavy atom. The lowest BCUT2D eigenvalue weighted by molar-refractivity contribution is 0.410. The molecule has 0 bridgehead atoms. The molecule has 0 fully saturated rings. The van der Waals surface area contributed by atoms with Crippen molar-refractivity contribution in [1.29, 1.82) is 0 Å². The highest BCUT2D eigenvalue weighted by Gasteiger charge is 2.06.